The lowest BCUT2D eigenvalue weighted by molar-refractivity contribution is -0.139. The number of esters is 1. The molecule has 0 saturated carbocycles. The third-order valence-corrected chi connectivity index (χ3v) is 3.78. The molecule has 0 spiro atoms. The van der Waals surface area contributed by atoms with E-state index in [1.54, 1.807) is 32.2 Å². The molecular weight excluding hydrogens is 320 g/mol. The lowest BCUT2D eigenvalue weighted by Gasteiger charge is -2.18. The van der Waals surface area contributed by atoms with E-state index in [0.717, 1.165) is 5.56 Å². The summed E-state index contributed by atoms with van der Waals surface area (Å²) >= 11 is 0. The van der Waals surface area contributed by atoms with Gasteiger partial charge in [-0.2, -0.15) is 0 Å². The van der Waals surface area contributed by atoms with Gasteiger partial charge in [-0.3, -0.25) is 4.79 Å². The van der Waals surface area contributed by atoms with Gasteiger partial charge in [0.25, 0.3) is 0 Å². The monoisotopic (exact) mass is 342 g/mol. The summed E-state index contributed by atoms with van der Waals surface area (Å²) in [5.41, 5.74) is 1.58. The van der Waals surface area contributed by atoms with Gasteiger partial charge in [-0.25, -0.2) is 0 Å². The molecule has 132 valence electrons. The van der Waals surface area contributed by atoms with Gasteiger partial charge < -0.3 is 18.9 Å². The Balaban J connectivity index is 2.19. The van der Waals surface area contributed by atoms with Crippen LogP contribution in [0.5, 0.6) is 17.2 Å². The Morgan fingerprint density at radius 3 is 2.32 bits per heavy atom. The standard InChI is InChI=1S/C20H22O5/c1-14(20(21)25-11-10-15-8-6-5-7-9-15)17-12-16(22-2)13-18(23-3)19(17)24-4/h5-14H,1-4H3. The zero-order valence-electron chi connectivity index (χ0n) is 14.8. The van der Waals surface area contributed by atoms with Gasteiger partial charge in [0, 0.05) is 11.6 Å². The normalized spacial score (nSPS) is 11.8. The molecule has 2 rings (SSSR count). The van der Waals surface area contributed by atoms with E-state index in [-0.39, 0.29) is 0 Å². The molecule has 5 heteroatoms. The molecule has 5 nitrogen and oxygen atoms in total. The van der Waals surface area contributed by atoms with Crippen LogP contribution in [0.25, 0.3) is 6.08 Å². The van der Waals surface area contributed by atoms with E-state index in [9.17, 15) is 4.79 Å². The topological polar surface area (TPSA) is 54.0 Å². The Hall–Kier alpha value is -2.95. The first-order valence-corrected chi connectivity index (χ1v) is 7.82. The van der Waals surface area contributed by atoms with Crippen molar-refractivity contribution in [3.8, 4) is 17.2 Å². The van der Waals surface area contributed by atoms with Crippen LogP contribution >= 0.6 is 0 Å². The predicted octanol–water partition coefficient (Wildman–Crippen LogP) is 4.03. The molecule has 0 aliphatic carbocycles. The van der Waals surface area contributed by atoms with Crippen LogP contribution in [-0.4, -0.2) is 27.3 Å². The van der Waals surface area contributed by atoms with Crippen molar-refractivity contribution in [3.63, 3.8) is 0 Å². The maximum absolute atomic E-state index is 12.4. The predicted molar refractivity (Wildman–Crippen MR) is 96.1 cm³/mol. The van der Waals surface area contributed by atoms with Crippen LogP contribution in [0.1, 0.15) is 24.0 Å². The van der Waals surface area contributed by atoms with Gasteiger partial charge in [0.2, 0.25) is 0 Å². The highest BCUT2D eigenvalue weighted by atomic mass is 16.5. The quantitative estimate of drug-likeness (QED) is 0.562. The van der Waals surface area contributed by atoms with E-state index in [2.05, 4.69) is 0 Å². The first kappa shape index (κ1) is 18.4. The molecule has 0 amide bonds. The minimum atomic E-state index is -0.556. The molecule has 0 fully saturated rings. The second kappa shape index (κ2) is 8.78. The minimum Gasteiger partial charge on any atom is -0.497 e. The van der Waals surface area contributed by atoms with Crippen LogP contribution in [-0.2, 0) is 9.53 Å². The Kier molecular flexibility index (Phi) is 6.46. The van der Waals surface area contributed by atoms with Crippen LogP contribution in [0.4, 0.5) is 0 Å². The zero-order chi connectivity index (χ0) is 18.2. The van der Waals surface area contributed by atoms with Gasteiger partial charge in [-0.1, -0.05) is 30.3 Å². The fraction of sp³-hybridized carbons (Fsp3) is 0.250. The molecule has 0 aliphatic heterocycles. The van der Waals surface area contributed by atoms with Crippen molar-refractivity contribution in [2.24, 2.45) is 0 Å². The van der Waals surface area contributed by atoms with Crippen LogP contribution in [0.3, 0.4) is 0 Å². The van der Waals surface area contributed by atoms with Crippen LogP contribution in [0, 0.1) is 0 Å². The second-order valence-corrected chi connectivity index (χ2v) is 5.32. The highest BCUT2D eigenvalue weighted by Crippen LogP contribution is 2.39. The summed E-state index contributed by atoms with van der Waals surface area (Å²) in [5, 5.41) is 0. The van der Waals surface area contributed by atoms with Crippen LogP contribution < -0.4 is 14.2 Å². The number of carbonyl (C=O) groups is 1. The number of methoxy groups -OCH3 is 3. The van der Waals surface area contributed by atoms with Gasteiger partial charge >= 0.3 is 5.97 Å². The highest BCUT2D eigenvalue weighted by molar-refractivity contribution is 5.80. The van der Waals surface area contributed by atoms with Gasteiger partial charge in [-0.05, 0) is 24.6 Å². The Bertz CT molecular complexity index is 737. The number of hydrogen-bond acceptors (Lipinski definition) is 5. The average Bonchev–Trinajstić information content (AvgIpc) is 2.66. The largest absolute Gasteiger partial charge is 0.497 e. The molecule has 0 N–H and O–H groups in total. The summed E-state index contributed by atoms with van der Waals surface area (Å²) in [6.45, 7) is 1.75. The van der Waals surface area contributed by atoms with Crippen molar-refractivity contribution in [1.82, 2.24) is 0 Å². The minimum absolute atomic E-state index is 0.402. The molecule has 0 saturated heterocycles. The molecule has 2 aromatic rings. The van der Waals surface area contributed by atoms with E-state index in [1.165, 1.54) is 20.5 Å². The molecule has 2 aromatic carbocycles. The summed E-state index contributed by atoms with van der Waals surface area (Å²) in [4.78, 5) is 12.4. The number of benzene rings is 2. The van der Waals surface area contributed by atoms with Gasteiger partial charge in [0.15, 0.2) is 11.5 Å². The van der Waals surface area contributed by atoms with Crippen molar-refractivity contribution in [2.45, 2.75) is 12.8 Å². The Labute approximate surface area is 147 Å². The molecule has 25 heavy (non-hydrogen) atoms. The van der Waals surface area contributed by atoms with E-state index < -0.39 is 11.9 Å². The first-order valence-electron chi connectivity index (χ1n) is 7.82. The molecular formula is C20H22O5. The molecule has 1 unspecified atom stereocenters. The van der Waals surface area contributed by atoms with E-state index >= 15 is 0 Å². The summed E-state index contributed by atoms with van der Waals surface area (Å²) in [6, 6.07) is 13.0. The van der Waals surface area contributed by atoms with Crippen molar-refractivity contribution in [3.05, 3.63) is 59.9 Å². The van der Waals surface area contributed by atoms with Crippen molar-refractivity contribution < 1.29 is 23.7 Å². The van der Waals surface area contributed by atoms with Crippen molar-refractivity contribution in [2.75, 3.05) is 21.3 Å². The average molecular weight is 342 g/mol. The van der Waals surface area contributed by atoms with E-state index in [4.69, 9.17) is 18.9 Å². The second-order valence-electron chi connectivity index (χ2n) is 5.32. The van der Waals surface area contributed by atoms with Gasteiger partial charge in [0.05, 0.1) is 33.5 Å². The SMILES string of the molecule is COc1cc(OC)c(OC)c(C(C)C(=O)OC=Cc2ccccc2)c1. The van der Waals surface area contributed by atoms with Gasteiger partial charge in [-0.15, -0.1) is 0 Å². The summed E-state index contributed by atoms with van der Waals surface area (Å²) in [7, 11) is 4.62. The molecule has 0 aromatic heterocycles. The Morgan fingerprint density at radius 2 is 1.72 bits per heavy atom. The third-order valence-electron chi connectivity index (χ3n) is 3.78. The lowest BCUT2D eigenvalue weighted by Crippen LogP contribution is -2.12. The fourth-order valence-corrected chi connectivity index (χ4v) is 2.38. The number of rotatable bonds is 7. The van der Waals surface area contributed by atoms with E-state index in [0.29, 0.717) is 22.8 Å². The molecule has 0 radical (unpaired) electrons. The van der Waals surface area contributed by atoms with Crippen molar-refractivity contribution in [1.29, 1.82) is 0 Å². The Morgan fingerprint density at radius 1 is 1.00 bits per heavy atom. The molecule has 0 aliphatic rings. The maximum atomic E-state index is 12.4. The van der Waals surface area contributed by atoms with E-state index in [1.807, 2.05) is 30.3 Å². The van der Waals surface area contributed by atoms with Crippen LogP contribution in [0.2, 0.25) is 0 Å². The fourth-order valence-electron chi connectivity index (χ4n) is 2.38. The number of hydrogen-bond donors (Lipinski definition) is 0. The summed E-state index contributed by atoms with van der Waals surface area (Å²) in [6.07, 6.45) is 3.12. The summed E-state index contributed by atoms with van der Waals surface area (Å²) < 4.78 is 21.2. The molecule has 1 atom stereocenters. The highest BCUT2D eigenvalue weighted by Gasteiger charge is 2.24. The molecule has 0 bridgehead atoms. The first-order chi connectivity index (χ1) is 12.1. The number of ether oxygens (including phenoxy) is 4. The summed E-state index contributed by atoms with van der Waals surface area (Å²) in [5.74, 6) is 0.600. The number of carbonyl (C=O) groups excluding carboxylic acids is 1. The lowest BCUT2D eigenvalue weighted by atomic mass is 9.99. The smallest absolute Gasteiger partial charge is 0.318 e. The third kappa shape index (κ3) is 4.53. The maximum Gasteiger partial charge on any atom is 0.318 e. The molecule has 0 heterocycles. The van der Waals surface area contributed by atoms with Gasteiger partial charge in [0.1, 0.15) is 5.75 Å². The van der Waals surface area contributed by atoms with Crippen LogP contribution in [0.15, 0.2) is 48.7 Å². The van der Waals surface area contributed by atoms with Crippen molar-refractivity contribution >= 4 is 12.0 Å². The zero-order valence-corrected chi connectivity index (χ0v) is 14.8.